The van der Waals surface area contributed by atoms with Crippen LogP contribution in [0.2, 0.25) is 0 Å². The third kappa shape index (κ3) is 5.98. The third-order valence-electron chi connectivity index (χ3n) is 3.19. The summed E-state index contributed by atoms with van der Waals surface area (Å²) in [7, 11) is -1.83. The van der Waals surface area contributed by atoms with Crippen LogP contribution in [0.1, 0.15) is 23.7 Å². The smallest absolute Gasteiger partial charge is 0.231 e. The van der Waals surface area contributed by atoms with Gasteiger partial charge in [-0.25, -0.2) is 8.42 Å². The number of carbonyl (C=O) groups excluding carboxylic acids is 1. The van der Waals surface area contributed by atoms with Crippen LogP contribution in [0.15, 0.2) is 32.9 Å². The van der Waals surface area contributed by atoms with Crippen LogP contribution in [0.4, 0.5) is 5.69 Å². The molecule has 1 aromatic heterocycles. The maximum absolute atomic E-state index is 12.3. The van der Waals surface area contributed by atoms with Crippen LogP contribution < -0.4 is 4.31 Å². The Kier molecular flexibility index (Phi) is 7.29. The lowest BCUT2D eigenvalue weighted by Gasteiger charge is -2.16. The van der Waals surface area contributed by atoms with E-state index in [1.54, 1.807) is 36.0 Å². The highest BCUT2D eigenvalue weighted by atomic mass is 32.2. The van der Waals surface area contributed by atoms with Crippen LogP contribution in [0, 0.1) is 0 Å². The lowest BCUT2D eigenvalue weighted by atomic mass is 10.1. The van der Waals surface area contributed by atoms with E-state index in [0.717, 1.165) is 27.1 Å². The van der Waals surface area contributed by atoms with Crippen LogP contribution in [-0.4, -0.2) is 49.2 Å². The number of hydrogen-bond donors (Lipinski definition) is 0. The van der Waals surface area contributed by atoms with E-state index < -0.39 is 10.0 Å². The largest absolute Gasteiger partial charge is 0.293 e. The lowest BCUT2D eigenvalue weighted by molar-refractivity contribution is 0.102. The molecule has 10 heteroatoms. The van der Waals surface area contributed by atoms with Crippen molar-refractivity contribution in [3.63, 3.8) is 0 Å². The molecule has 0 aliphatic heterocycles. The van der Waals surface area contributed by atoms with E-state index >= 15 is 0 Å². The van der Waals surface area contributed by atoms with Crippen molar-refractivity contribution in [2.24, 2.45) is 0 Å². The Morgan fingerprint density at radius 3 is 2.32 bits per heavy atom. The van der Waals surface area contributed by atoms with Crippen molar-refractivity contribution in [2.75, 3.05) is 29.1 Å². The molecule has 6 nitrogen and oxygen atoms in total. The summed E-state index contributed by atoms with van der Waals surface area (Å²) in [6.45, 7) is 2.11. The number of thioether (sulfide) groups is 2. The summed E-state index contributed by atoms with van der Waals surface area (Å²) < 4.78 is 25.9. The number of hydrogen-bond acceptors (Lipinski definition) is 8. The van der Waals surface area contributed by atoms with Gasteiger partial charge in [0.25, 0.3) is 0 Å². The van der Waals surface area contributed by atoms with Crippen molar-refractivity contribution >= 4 is 56.4 Å². The molecule has 0 aliphatic carbocycles. The molecule has 25 heavy (non-hydrogen) atoms. The number of carbonyl (C=O) groups is 1. The molecule has 0 saturated heterocycles. The van der Waals surface area contributed by atoms with Crippen LogP contribution in [0.25, 0.3) is 0 Å². The third-order valence-corrected chi connectivity index (χ3v) is 7.80. The molecule has 0 spiro atoms. The molecule has 0 fully saturated rings. The van der Waals surface area contributed by atoms with E-state index in [1.165, 1.54) is 34.5 Å². The molecular weight excluding hydrogens is 398 g/mol. The van der Waals surface area contributed by atoms with E-state index in [4.69, 9.17) is 0 Å². The molecule has 0 atom stereocenters. The van der Waals surface area contributed by atoms with Gasteiger partial charge in [-0.2, -0.15) is 0 Å². The maximum atomic E-state index is 12.3. The average molecular weight is 418 g/mol. The summed E-state index contributed by atoms with van der Waals surface area (Å²) in [5, 5.41) is 8.18. The van der Waals surface area contributed by atoms with Gasteiger partial charge in [0.1, 0.15) is 0 Å². The standard InChI is InChI=1S/C15H19N3O3S4/c1-4-9-22-14-16-17-15(24-14)23-10-13(19)11-5-7-12(8-6-11)18(2)25(3,20)21/h5-8H,4,9-10H2,1-3H3. The van der Waals surface area contributed by atoms with Gasteiger partial charge < -0.3 is 0 Å². The van der Waals surface area contributed by atoms with Crippen LogP contribution >= 0.6 is 34.9 Å². The highest BCUT2D eigenvalue weighted by molar-refractivity contribution is 8.03. The number of aromatic nitrogens is 2. The van der Waals surface area contributed by atoms with Gasteiger partial charge in [0.2, 0.25) is 10.0 Å². The topological polar surface area (TPSA) is 80.2 Å². The van der Waals surface area contributed by atoms with Gasteiger partial charge >= 0.3 is 0 Å². The van der Waals surface area contributed by atoms with E-state index in [-0.39, 0.29) is 11.5 Å². The van der Waals surface area contributed by atoms with Crippen LogP contribution in [-0.2, 0) is 10.0 Å². The van der Waals surface area contributed by atoms with Crippen molar-refractivity contribution in [1.82, 2.24) is 10.2 Å². The number of ketones is 1. The highest BCUT2D eigenvalue weighted by Gasteiger charge is 2.14. The number of rotatable bonds is 9. The minimum Gasteiger partial charge on any atom is -0.293 e. The van der Waals surface area contributed by atoms with Crippen molar-refractivity contribution < 1.29 is 13.2 Å². The zero-order valence-corrected chi connectivity index (χ0v) is 17.4. The molecule has 2 rings (SSSR count). The predicted molar refractivity (Wildman–Crippen MR) is 106 cm³/mol. The van der Waals surface area contributed by atoms with Crippen molar-refractivity contribution in [3.05, 3.63) is 29.8 Å². The lowest BCUT2D eigenvalue weighted by Crippen LogP contribution is -2.24. The second kappa shape index (κ2) is 9.02. The summed E-state index contributed by atoms with van der Waals surface area (Å²) in [4.78, 5) is 12.3. The van der Waals surface area contributed by atoms with Crippen LogP contribution in [0.3, 0.4) is 0 Å². The summed E-state index contributed by atoms with van der Waals surface area (Å²) >= 11 is 4.54. The molecule has 0 radical (unpaired) electrons. The summed E-state index contributed by atoms with van der Waals surface area (Å²) in [5.41, 5.74) is 1.07. The predicted octanol–water partition coefficient (Wildman–Crippen LogP) is 3.41. The normalized spacial score (nSPS) is 11.5. The Morgan fingerprint density at radius 1 is 1.16 bits per heavy atom. The van der Waals surface area contributed by atoms with Gasteiger partial charge in [0.15, 0.2) is 14.5 Å². The molecule has 0 N–H and O–H groups in total. The molecule has 0 unspecified atom stereocenters. The molecule has 0 bridgehead atoms. The Labute approximate surface area is 160 Å². The summed E-state index contributed by atoms with van der Waals surface area (Å²) in [6.07, 6.45) is 2.22. The first-order valence-electron chi connectivity index (χ1n) is 7.47. The molecule has 1 heterocycles. The average Bonchev–Trinajstić information content (AvgIpc) is 3.04. The van der Waals surface area contributed by atoms with Gasteiger partial charge in [0.05, 0.1) is 17.7 Å². The van der Waals surface area contributed by atoms with Gasteiger partial charge in [0, 0.05) is 18.4 Å². The fourth-order valence-corrected chi connectivity index (χ4v) is 5.11. The Bertz CT molecular complexity index is 819. The van der Waals surface area contributed by atoms with Crippen molar-refractivity contribution in [1.29, 1.82) is 0 Å². The number of sulfonamides is 1. The summed E-state index contributed by atoms with van der Waals surface area (Å²) in [5.74, 6) is 1.25. The quantitative estimate of drug-likeness (QED) is 0.457. The fourth-order valence-electron chi connectivity index (χ4n) is 1.76. The highest BCUT2D eigenvalue weighted by Crippen LogP contribution is 2.29. The Morgan fingerprint density at radius 2 is 1.76 bits per heavy atom. The molecule has 1 aromatic carbocycles. The zero-order chi connectivity index (χ0) is 18.4. The number of anilines is 1. The second-order valence-corrected chi connectivity index (χ2v) is 10.7. The summed E-state index contributed by atoms with van der Waals surface area (Å²) in [6, 6.07) is 6.54. The first kappa shape index (κ1) is 20.2. The van der Waals surface area contributed by atoms with Crippen molar-refractivity contribution in [3.8, 4) is 0 Å². The van der Waals surface area contributed by atoms with Crippen LogP contribution in [0.5, 0.6) is 0 Å². The van der Waals surface area contributed by atoms with Crippen molar-refractivity contribution in [2.45, 2.75) is 22.0 Å². The minimum atomic E-state index is -3.31. The monoisotopic (exact) mass is 417 g/mol. The molecule has 0 aliphatic rings. The fraction of sp³-hybridized carbons (Fsp3) is 0.400. The van der Waals surface area contributed by atoms with E-state index in [1.807, 2.05) is 0 Å². The number of benzene rings is 1. The SMILES string of the molecule is CCCSc1nnc(SCC(=O)c2ccc(N(C)S(C)(=O)=O)cc2)s1. The zero-order valence-electron chi connectivity index (χ0n) is 14.1. The molecule has 136 valence electrons. The molecule has 0 amide bonds. The Hall–Kier alpha value is -1.10. The van der Waals surface area contributed by atoms with E-state index in [2.05, 4.69) is 17.1 Å². The van der Waals surface area contributed by atoms with Gasteiger partial charge in [-0.15, -0.1) is 10.2 Å². The number of nitrogens with zero attached hydrogens (tertiary/aromatic N) is 3. The van der Waals surface area contributed by atoms with Gasteiger partial charge in [-0.05, 0) is 30.7 Å². The van der Waals surface area contributed by atoms with E-state index in [0.29, 0.717) is 11.3 Å². The Balaban J connectivity index is 1.93. The van der Waals surface area contributed by atoms with E-state index in [9.17, 15) is 13.2 Å². The molecule has 2 aromatic rings. The van der Waals surface area contributed by atoms with Gasteiger partial charge in [-0.3, -0.25) is 9.10 Å². The second-order valence-electron chi connectivity index (χ2n) is 5.17. The first-order chi connectivity index (χ1) is 11.8. The minimum absolute atomic E-state index is 0.0310. The van der Waals surface area contributed by atoms with Gasteiger partial charge in [-0.1, -0.05) is 41.8 Å². The molecular formula is C15H19N3O3S4. The maximum Gasteiger partial charge on any atom is 0.231 e. The number of Topliss-reactive ketones (excluding diaryl/α,β-unsaturated/α-hetero) is 1. The molecule has 0 saturated carbocycles. The first-order valence-corrected chi connectivity index (χ1v) is 12.1.